The van der Waals surface area contributed by atoms with E-state index < -0.39 is 16.1 Å². The number of carbonyl (C=O) groups is 2. The summed E-state index contributed by atoms with van der Waals surface area (Å²) in [6, 6.07) is 18.8. The second-order valence-electron chi connectivity index (χ2n) is 11.0. The highest BCUT2D eigenvalue weighted by Gasteiger charge is 2.38. The molecule has 0 saturated heterocycles. The Morgan fingerprint density at radius 3 is 2.43 bits per heavy atom. The molecule has 0 spiro atoms. The molecule has 0 fully saturated rings. The predicted octanol–water partition coefficient (Wildman–Crippen LogP) is 3.39. The van der Waals surface area contributed by atoms with E-state index in [2.05, 4.69) is 20.9 Å². The maximum absolute atomic E-state index is 14.1. The highest BCUT2D eigenvalue weighted by Crippen LogP contribution is 2.33. The molecule has 2 aliphatic heterocycles. The third-order valence-corrected chi connectivity index (χ3v) is 10.1. The molecule has 2 aromatic heterocycles. The standard InChI is InChI=1S/C32H31N7O4S/c1-36-22-34-19-26(36)21-37-20-25(17-24-16-23(18-33)11-12-29(24)37)39(44(42,43)30-10-4-5-13-35-30)15-7-6-14-38-31(40)27-8-2-3-9-28(27)32(38)41/h2-5,8-13,16,19,22,25H,6-7,14-15,17,20-21H2,1H3. The lowest BCUT2D eigenvalue weighted by atomic mass is 9.95. The average Bonchev–Trinajstić information content (AvgIpc) is 3.55. The summed E-state index contributed by atoms with van der Waals surface area (Å²) in [5.41, 5.74) is 4.08. The van der Waals surface area contributed by atoms with E-state index in [9.17, 15) is 23.3 Å². The first-order valence-electron chi connectivity index (χ1n) is 14.4. The highest BCUT2D eigenvalue weighted by molar-refractivity contribution is 7.89. The van der Waals surface area contributed by atoms with E-state index in [1.54, 1.807) is 55.0 Å². The SMILES string of the molecule is Cn1cncc1CN1CC(N(CCCCN2C(=O)c3ccccc3C2=O)S(=O)(=O)c2ccccn2)Cc2cc(C#N)ccc21. The second-order valence-corrected chi connectivity index (χ2v) is 12.8. The minimum absolute atomic E-state index is 0.0462. The van der Waals surface area contributed by atoms with Crippen LogP contribution in [0.25, 0.3) is 0 Å². The van der Waals surface area contributed by atoms with Crippen LogP contribution in [0.5, 0.6) is 0 Å². The van der Waals surface area contributed by atoms with Gasteiger partial charge in [0.2, 0.25) is 0 Å². The normalized spacial score (nSPS) is 16.2. The van der Waals surface area contributed by atoms with Crippen molar-refractivity contribution in [2.45, 2.75) is 36.9 Å². The van der Waals surface area contributed by atoms with E-state index in [1.165, 1.54) is 21.5 Å². The zero-order chi connectivity index (χ0) is 30.8. The monoisotopic (exact) mass is 609 g/mol. The van der Waals surface area contributed by atoms with E-state index >= 15 is 0 Å². The van der Waals surface area contributed by atoms with Gasteiger partial charge in [-0.15, -0.1) is 0 Å². The van der Waals surface area contributed by atoms with Crippen LogP contribution < -0.4 is 4.90 Å². The number of carbonyl (C=O) groups excluding carboxylic acids is 2. The summed E-state index contributed by atoms with van der Waals surface area (Å²) in [7, 11) is -2.10. The van der Waals surface area contributed by atoms with Crippen molar-refractivity contribution < 1.29 is 18.0 Å². The van der Waals surface area contributed by atoms with Gasteiger partial charge >= 0.3 is 0 Å². The number of pyridine rings is 1. The van der Waals surface area contributed by atoms with E-state index in [-0.39, 0.29) is 29.9 Å². The molecule has 4 aromatic rings. The first-order valence-corrected chi connectivity index (χ1v) is 15.8. The number of nitrogens with zero attached hydrogens (tertiary/aromatic N) is 7. The van der Waals surface area contributed by atoms with Crippen molar-refractivity contribution in [3.8, 4) is 6.07 Å². The summed E-state index contributed by atoms with van der Waals surface area (Å²) in [6.45, 7) is 1.27. The molecule has 1 atom stereocenters. The van der Waals surface area contributed by atoms with Gasteiger partial charge in [-0.1, -0.05) is 18.2 Å². The molecule has 0 bridgehead atoms. The number of anilines is 1. The van der Waals surface area contributed by atoms with Gasteiger partial charge in [0, 0.05) is 50.8 Å². The number of imide groups is 1. The van der Waals surface area contributed by atoms with Crippen LogP contribution in [0.3, 0.4) is 0 Å². The Morgan fingerprint density at radius 2 is 1.77 bits per heavy atom. The zero-order valence-electron chi connectivity index (χ0n) is 24.2. The van der Waals surface area contributed by atoms with Gasteiger partial charge in [-0.05, 0) is 67.3 Å². The topological polar surface area (TPSA) is 132 Å². The number of fused-ring (bicyclic) bond motifs is 2. The molecule has 2 aromatic carbocycles. The Bertz CT molecular complexity index is 1830. The second kappa shape index (κ2) is 12.0. The van der Waals surface area contributed by atoms with Gasteiger partial charge in [0.1, 0.15) is 0 Å². The maximum Gasteiger partial charge on any atom is 0.261 e. The van der Waals surface area contributed by atoms with Gasteiger partial charge in [-0.2, -0.15) is 9.57 Å². The molecule has 12 heteroatoms. The molecule has 44 heavy (non-hydrogen) atoms. The summed E-state index contributed by atoms with van der Waals surface area (Å²) < 4.78 is 31.6. The van der Waals surface area contributed by atoms with Gasteiger partial charge in [0.15, 0.2) is 5.03 Å². The Morgan fingerprint density at radius 1 is 1.02 bits per heavy atom. The molecule has 0 radical (unpaired) electrons. The number of aromatic nitrogens is 3. The van der Waals surface area contributed by atoms with Crippen molar-refractivity contribution in [3.63, 3.8) is 0 Å². The fourth-order valence-corrected chi connectivity index (χ4v) is 7.56. The Labute approximate surface area is 256 Å². The molecular weight excluding hydrogens is 578 g/mol. The number of unbranched alkanes of at least 4 members (excludes halogenated alkanes) is 1. The van der Waals surface area contributed by atoms with Gasteiger partial charge in [0.25, 0.3) is 21.8 Å². The molecule has 0 N–H and O–H groups in total. The van der Waals surface area contributed by atoms with Crippen molar-refractivity contribution in [3.05, 3.63) is 107 Å². The number of rotatable bonds is 10. The van der Waals surface area contributed by atoms with Crippen LogP contribution in [0, 0.1) is 11.3 Å². The van der Waals surface area contributed by atoms with Crippen LogP contribution in [-0.4, -0.2) is 69.6 Å². The Balaban J connectivity index is 1.26. The summed E-state index contributed by atoms with van der Waals surface area (Å²) in [6.07, 6.45) is 6.23. The number of imidazole rings is 1. The molecular formula is C32H31N7O4S. The molecule has 11 nitrogen and oxygen atoms in total. The molecule has 2 amide bonds. The third kappa shape index (κ3) is 5.47. The Kier molecular flexibility index (Phi) is 7.99. The fraction of sp³-hybridized carbons (Fsp3) is 0.281. The van der Waals surface area contributed by atoms with Crippen molar-refractivity contribution in [1.82, 2.24) is 23.7 Å². The molecule has 2 aliphatic rings. The summed E-state index contributed by atoms with van der Waals surface area (Å²) in [5.74, 6) is -0.655. The van der Waals surface area contributed by atoms with Crippen LogP contribution in [0.1, 0.15) is 50.4 Å². The van der Waals surface area contributed by atoms with E-state index in [4.69, 9.17) is 0 Å². The smallest absolute Gasteiger partial charge is 0.261 e. The Hall–Kier alpha value is -4.86. The van der Waals surface area contributed by atoms with Gasteiger partial charge < -0.3 is 9.47 Å². The number of hydrogen-bond acceptors (Lipinski definition) is 8. The molecule has 1 unspecified atom stereocenters. The molecule has 224 valence electrons. The van der Waals surface area contributed by atoms with Crippen molar-refractivity contribution in [1.29, 1.82) is 5.26 Å². The lowest BCUT2D eigenvalue weighted by Gasteiger charge is -2.40. The number of amides is 2. The summed E-state index contributed by atoms with van der Waals surface area (Å²) >= 11 is 0. The number of nitriles is 1. The predicted molar refractivity (Wildman–Crippen MR) is 162 cm³/mol. The largest absolute Gasteiger partial charge is 0.364 e. The van der Waals surface area contributed by atoms with Crippen molar-refractivity contribution >= 4 is 27.5 Å². The van der Waals surface area contributed by atoms with Crippen LogP contribution in [0.4, 0.5) is 5.69 Å². The van der Waals surface area contributed by atoms with E-state index in [0.717, 1.165) is 16.9 Å². The third-order valence-electron chi connectivity index (χ3n) is 8.21. The highest BCUT2D eigenvalue weighted by atomic mass is 32.2. The van der Waals surface area contributed by atoms with Crippen LogP contribution in [0.2, 0.25) is 0 Å². The quantitative estimate of drug-likeness (QED) is 0.197. The van der Waals surface area contributed by atoms with Gasteiger partial charge in [0.05, 0.1) is 41.3 Å². The van der Waals surface area contributed by atoms with Crippen molar-refractivity contribution in [2.24, 2.45) is 7.05 Å². The molecule has 6 rings (SSSR count). The minimum Gasteiger partial charge on any atom is -0.364 e. The average molecular weight is 610 g/mol. The van der Waals surface area contributed by atoms with Crippen LogP contribution in [0.15, 0.2) is 84.4 Å². The molecule has 0 aliphatic carbocycles. The molecule has 0 saturated carbocycles. The fourth-order valence-electron chi connectivity index (χ4n) is 5.97. The number of hydrogen-bond donors (Lipinski definition) is 0. The number of benzene rings is 2. The lowest BCUT2D eigenvalue weighted by Crippen LogP contribution is -2.51. The molecule has 4 heterocycles. The van der Waals surface area contributed by atoms with Crippen molar-refractivity contribution in [2.75, 3.05) is 24.5 Å². The van der Waals surface area contributed by atoms with E-state index in [1.807, 2.05) is 23.7 Å². The van der Waals surface area contributed by atoms with E-state index in [0.29, 0.717) is 49.0 Å². The summed E-state index contributed by atoms with van der Waals surface area (Å²) in [5, 5.41) is 9.54. The van der Waals surface area contributed by atoms with Crippen LogP contribution in [-0.2, 0) is 30.0 Å². The van der Waals surface area contributed by atoms with Crippen LogP contribution >= 0.6 is 0 Å². The number of sulfonamides is 1. The first kappa shape index (κ1) is 29.2. The first-order chi connectivity index (χ1) is 21.3. The van der Waals surface area contributed by atoms with Gasteiger partial charge in [-0.3, -0.25) is 14.5 Å². The maximum atomic E-state index is 14.1. The number of aryl methyl sites for hydroxylation is 1. The summed E-state index contributed by atoms with van der Waals surface area (Å²) in [4.78, 5) is 37.5. The minimum atomic E-state index is -4.01. The van der Waals surface area contributed by atoms with Gasteiger partial charge in [-0.25, -0.2) is 18.4 Å². The zero-order valence-corrected chi connectivity index (χ0v) is 25.0. The lowest BCUT2D eigenvalue weighted by molar-refractivity contribution is 0.0650.